The number of thioether (sulfide) groups is 1. The molecule has 0 bridgehead atoms. The van der Waals surface area contributed by atoms with Crippen LogP contribution in [-0.4, -0.2) is 21.1 Å². The number of furan rings is 1. The average molecular weight is 483 g/mol. The molecule has 1 amide bonds. The maximum Gasteiger partial charge on any atom is 0.232 e. The molecule has 0 saturated carbocycles. The van der Waals surface area contributed by atoms with Crippen LogP contribution in [0, 0.1) is 0 Å². The molecule has 0 unspecified atom stereocenters. The molecule has 0 atom stereocenters. The molecule has 0 saturated heterocycles. The van der Waals surface area contributed by atoms with Gasteiger partial charge in [-0.3, -0.25) is 4.79 Å². The van der Waals surface area contributed by atoms with E-state index in [-0.39, 0.29) is 12.3 Å². The van der Waals surface area contributed by atoms with E-state index >= 15 is 0 Å². The Kier molecular flexibility index (Phi) is 6.51. The first kappa shape index (κ1) is 20.4. The van der Waals surface area contributed by atoms with Gasteiger partial charge in [0.25, 0.3) is 0 Å². The van der Waals surface area contributed by atoms with E-state index in [4.69, 9.17) is 27.6 Å². The lowest BCUT2D eigenvalue weighted by Gasteiger charge is -2.04. The number of rotatable bonds is 7. The number of halogens is 2. The van der Waals surface area contributed by atoms with E-state index in [1.165, 1.54) is 34.4 Å². The van der Waals surface area contributed by atoms with Crippen molar-refractivity contribution in [3.8, 4) is 10.8 Å². The first-order chi connectivity index (χ1) is 14.1. The second-order valence-corrected chi connectivity index (χ2v) is 9.58. The second-order valence-electron chi connectivity index (χ2n) is 5.71. The van der Waals surface area contributed by atoms with Crippen LogP contribution in [0.3, 0.4) is 0 Å². The highest BCUT2D eigenvalue weighted by Gasteiger charge is 2.14. The van der Waals surface area contributed by atoms with Crippen molar-refractivity contribution in [2.24, 2.45) is 0 Å². The molecule has 11 heteroatoms. The quantitative estimate of drug-likeness (QED) is 0.255. The van der Waals surface area contributed by atoms with Crippen LogP contribution in [0.4, 0.5) is 5.13 Å². The maximum absolute atomic E-state index is 12.3. The highest BCUT2D eigenvalue weighted by molar-refractivity contribution is 8.00. The van der Waals surface area contributed by atoms with Crippen molar-refractivity contribution in [1.29, 1.82) is 0 Å². The molecule has 0 aliphatic heterocycles. The first-order valence-corrected chi connectivity index (χ1v) is 11.7. The van der Waals surface area contributed by atoms with E-state index in [1.807, 2.05) is 11.4 Å². The maximum atomic E-state index is 12.3. The largest absolute Gasteiger partial charge is 0.462 e. The molecule has 148 valence electrons. The Morgan fingerprint density at radius 2 is 2.00 bits per heavy atom. The minimum Gasteiger partial charge on any atom is -0.462 e. The van der Waals surface area contributed by atoms with E-state index in [0.717, 1.165) is 10.6 Å². The normalized spacial score (nSPS) is 11.0. The van der Waals surface area contributed by atoms with Gasteiger partial charge >= 0.3 is 0 Å². The summed E-state index contributed by atoms with van der Waals surface area (Å²) >= 11 is 16.6. The fraction of sp³-hybridized carbons (Fsp3) is 0.111. The Morgan fingerprint density at radius 3 is 2.76 bits per heavy atom. The van der Waals surface area contributed by atoms with E-state index < -0.39 is 0 Å². The van der Waals surface area contributed by atoms with Gasteiger partial charge in [0.05, 0.1) is 18.4 Å². The minimum atomic E-state index is -0.205. The Morgan fingerprint density at radius 1 is 1.17 bits per heavy atom. The molecule has 0 aliphatic rings. The van der Waals surface area contributed by atoms with Gasteiger partial charge in [0.15, 0.2) is 15.1 Å². The number of anilines is 1. The fourth-order valence-corrected chi connectivity index (χ4v) is 5.65. The third kappa shape index (κ3) is 5.18. The van der Waals surface area contributed by atoms with Crippen LogP contribution in [0.25, 0.3) is 10.8 Å². The highest BCUT2D eigenvalue weighted by atomic mass is 35.5. The van der Waals surface area contributed by atoms with Crippen LogP contribution in [0.1, 0.15) is 11.3 Å². The van der Waals surface area contributed by atoms with Gasteiger partial charge in [-0.2, -0.15) is 0 Å². The van der Waals surface area contributed by atoms with Crippen molar-refractivity contribution in [3.63, 3.8) is 0 Å². The standard InChI is InChI=1S/C18H12Cl2N4O2S3/c19-12-3-1-4-13(20)11(12)9-28-18-24-23-17(29-18)22-15(25)7-10-8-27-16(21-10)14-5-2-6-26-14/h1-6,8H,7,9H2,(H,22,23,25). The summed E-state index contributed by atoms with van der Waals surface area (Å²) in [5.41, 5.74) is 1.52. The van der Waals surface area contributed by atoms with Gasteiger partial charge in [-0.25, -0.2) is 4.98 Å². The lowest BCUT2D eigenvalue weighted by atomic mass is 10.2. The molecular formula is C18H12Cl2N4O2S3. The summed E-state index contributed by atoms with van der Waals surface area (Å²) in [6, 6.07) is 9.03. The first-order valence-electron chi connectivity index (χ1n) is 8.26. The number of aromatic nitrogens is 3. The molecule has 4 aromatic rings. The van der Waals surface area contributed by atoms with Crippen LogP contribution >= 0.6 is 57.6 Å². The van der Waals surface area contributed by atoms with Gasteiger partial charge in [0.2, 0.25) is 11.0 Å². The minimum absolute atomic E-state index is 0.147. The second kappa shape index (κ2) is 9.27. The average Bonchev–Trinajstić information content (AvgIpc) is 3.43. The number of nitrogens with one attached hydrogen (secondary N) is 1. The molecule has 1 aromatic carbocycles. The van der Waals surface area contributed by atoms with Crippen molar-refractivity contribution in [3.05, 3.63) is 63.3 Å². The Bertz CT molecular complexity index is 1110. The number of thiazole rings is 1. The zero-order valence-electron chi connectivity index (χ0n) is 14.6. The van der Waals surface area contributed by atoms with Crippen molar-refractivity contribution >= 4 is 68.7 Å². The summed E-state index contributed by atoms with van der Waals surface area (Å²) in [7, 11) is 0. The Hall–Kier alpha value is -1.91. The molecular weight excluding hydrogens is 471 g/mol. The molecule has 6 nitrogen and oxygen atoms in total. The van der Waals surface area contributed by atoms with Crippen molar-refractivity contribution in [2.75, 3.05) is 5.32 Å². The number of nitrogens with zero attached hydrogens (tertiary/aromatic N) is 3. The molecule has 0 aliphatic carbocycles. The summed E-state index contributed by atoms with van der Waals surface area (Å²) in [4.78, 5) is 16.7. The summed E-state index contributed by atoms with van der Waals surface area (Å²) in [5.74, 6) is 1.05. The Balaban J connectivity index is 1.32. The molecule has 0 radical (unpaired) electrons. The van der Waals surface area contributed by atoms with Crippen LogP contribution in [-0.2, 0) is 17.0 Å². The molecule has 29 heavy (non-hydrogen) atoms. The molecule has 3 heterocycles. The van der Waals surface area contributed by atoms with E-state index in [2.05, 4.69) is 20.5 Å². The van der Waals surface area contributed by atoms with Gasteiger partial charge in [-0.1, -0.05) is 52.4 Å². The third-order valence-electron chi connectivity index (χ3n) is 3.68. The van der Waals surface area contributed by atoms with Gasteiger partial charge in [0.1, 0.15) is 0 Å². The number of hydrogen-bond donors (Lipinski definition) is 1. The zero-order valence-corrected chi connectivity index (χ0v) is 18.6. The smallest absolute Gasteiger partial charge is 0.232 e. The van der Waals surface area contributed by atoms with E-state index in [1.54, 1.807) is 30.5 Å². The van der Waals surface area contributed by atoms with E-state index in [9.17, 15) is 4.79 Å². The lowest BCUT2D eigenvalue weighted by molar-refractivity contribution is -0.115. The molecule has 3 aromatic heterocycles. The summed E-state index contributed by atoms with van der Waals surface area (Å²) in [5, 5.41) is 15.1. The number of amides is 1. The molecule has 4 rings (SSSR count). The van der Waals surface area contributed by atoms with Crippen LogP contribution in [0.15, 0.2) is 50.7 Å². The fourth-order valence-electron chi connectivity index (χ4n) is 2.35. The van der Waals surface area contributed by atoms with Crippen molar-refractivity contribution in [2.45, 2.75) is 16.5 Å². The SMILES string of the molecule is O=C(Cc1csc(-c2ccco2)n1)Nc1nnc(SCc2c(Cl)cccc2Cl)s1. The number of benzene rings is 1. The summed E-state index contributed by atoms with van der Waals surface area (Å²) in [6.07, 6.45) is 1.74. The third-order valence-corrected chi connectivity index (χ3v) is 7.29. The van der Waals surface area contributed by atoms with Gasteiger partial charge in [0, 0.05) is 21.2 Å². The van der Waals surface area contributed by atoms with Crippen molar-refractivity contribution < 1.29 is 9.21 Å². The Labute approximate surface area is 188 Å². The lowest BCUT2D eigenvalue weighted by Crippen LogP contribution is -2.14. The van der Waals surface area contributed by atoms with Gasteiger partial charge < -0.3 is 9.73 Å². The van der Waals surface area contributed by atoms with Gasteiger partial charge in [-0.05, 0) is 29.8 Å². The number of carbonyl (C=O) groups excluding carboxylic acids is 1. The summed E-state index contributed by atoms with van der Waals surface area (Å²) < 4.78 is 6.03. The monoisotopic (exact) mass is 482 g/mol. The van der Waals surface area contributed by atoms with Crippen molar-refractivity contribution in [1.82, 2.24) is 15.2 Å². The predicted molar refractivity (Wildman–Crippen MR) is 118 cm³/mol. The van der Waals surface area contributed by atoms with Crippen LogP contribution in [0.5, 0.6) is 0 Å². The molecule has 1 N–H and O–H groups in total. The highest BCUT2D eigenvalue weighted by Crippen LogP contribution is 2.33. The predicted octanol–water partition coefficient (Wildman–Crippen LogP) is 6.03. The summed E-state index contributed by atoms with van der Waals surface area (Å²) in [6.45, 7) is 0. The van der Waals surface area contributed by atoms with E-state index in [0.29, 0.717) is 36.7 Å². The van der Waals surface area contributed by atoms with Crippen LogP contribution < -0.4 is 5.32 Å². The molecule has 0 fully saturated rings. The number of carbonyl (C=O) groups is 1. The van der Waals surface area contributed by atoms with Crippen LogP contribution in [0.2, 0.25) is 10.0 Å². The number of hydrogen-bond acceptors (Lipinski definition) is 8. The topological polar surface area (TPSA) is 80.9 Å². The molecule has 0 spiro atoms. The zero-order chi connectivity index (χ0) is 20.2. The van der Waals surface area contributed by atoms with Gasteiger partial charge in [-0.15, -0.1) is 21.5 Å².